The first kappa shape index (κ1) is 15.4. The molecule has 2 rings (SSSR count). The SMILES string of the molecule is N#C/C(=C/NC1CCCC1)C(=O)N1CCC(C(=O)O)CC1. The number of carboxylic acids is 1. The highest BCUT2D eigenvalue weighted by Crippen LogP contribution is 2.20. The van der Waals surface area contributed by atoms with E-state index in [1.807, 2.05) is 6.07 Å². The van der Waals surface area contributed by atoms with Gasteiger partial charge in [-0.2, -0.15) is 5.26 Å². The summed E-state index contributed by atoms with van der Waals surface area (Å²) < 4.78 is 0. The van der Waals surface area contributed by atoms with Gasteiger partial charge in [-0.05, 0) is 25.7 Å². The molecule has 1 saturated heterocycles. The van der Waals surface area contributed by atoms with Crippen molar-refractivity contribution in [1.82, 2.24) is 10.2 Å². The minimum atomic E-state index is -0.805. The summed E-state index contributed by atoms with van der Waals surface area (Å²) >= 11 is 0. The van der Waals surface area contributed by atoms with E-state index in [9.17, 15) is 9.59 Å². The molecular formula is C15H21N3O3. The third kappa shape index (κ3) is 3.97. The largest absolute Gasteiger partial charge is 0.481 e. The van der Waals surface area contributed by atoms with Crippen LogP contribution in [0.15, 0.2) is 11.8 Å². The highest BCUT2D eigenvalue weighted by Gasteiger charge is 2.28. The third-order valence-electron chi connectivity index (χ3n) is 4.30. The normalized spacial score (nSPS) is 21.1. The molecule has 0 aromatic rings. The Hall–Kier alpha value is -2.03. The van der Waals surface area contributed by atoms with Gasteiger partial charge in [0.1, 0.15) is 11.6 Å². The highest BCUT2D eigenvalue weighted by molar-refractivity contribution is 5.97. The van der Waals surface area contributed by atoms with Crippen LogP contribution in [0.3, 0.4) is 0 Å². The Labute approximate surface area is 124 Å². The fraction of sp³-hybridized carbons (Fsp3) is 0.667. The van der Waals surface area contributed by atoms with Crippen molar-refractivity contribution in [2.24, 2.45) is 5.92 Å². The lowest BCUT2D eigenvalue weighted by Gasteiger charge is -2.29. The number of hydrogen-bond donors (Lipinski definition) is 2. The van der Waals surface area contributed by atoms with Crippen molar-refractivity contribution in [3.8, 4) is 6.07 Å². The highest BCUT2D eigenvalue weighted by atomic mass is 16.4. The fourth-order valence-corrected chi connectivity index (χ4v) is 2.94. The summed E-state index contributed by atoms with van der Waals surface area (Å²) in [4.78, 5) is 24.7. The molecular weight excluding hydrogens is 270 g/mol. The Morgan fingerprint density at radius 3 is 2.33 bits per heavy atom. The summed E-state index contributed by atoms with van der Waals surface area (Å²) in [5.41, 5.74) is 0.107. The van der Waals surface area contributed by atoms with Crippen molar-refractivity contribution >= 4 is 11.9 Å². The summed E-state index contributed by atoms with van der Waals surface area (Å²) in [5, 5.41) is 21.2. The molecule has 1 aliphatic carbocycles. The van der Waals surface area contributed by atoms with Crippen LogP contribution in [0.4, 0.5) is 0 Å². The number of carbonyl (C=O) groups excluding carboxylic acids is 1. The van der Waals surface area contributed by atoms with E-state index in [1.54, 1.807) is 4.90 Å². The molecule has 0 atom stereocenters. The van der Waals surface area contributed by atoms with Gasteiger partial charge < -0.3 is 15.3 Å². The number of hydrogen-bond acceptors (Lipinski definition) is 4. The Bertz CT molecular complexity index is 467. The number of piperidine rings is 1. The van der Waals surface area contributed by atoms with E-state index in [2.05, 4.69) is 5.32 Å². The predicted octanol–water partition coefficient (Wildman–Crippen LogP) is 1.25. The standard InChI is InChI=1S/C15H21N3O3/c16-9-12(10-17-13-3-1-2-4-13)14(19)18-7-5-11(6-8-18)15(20)21/h10-11,13,17H,1-8H2,(H,20,21)/b12-10-. The third-order valence-corrected chi connectivity index (χ3v) is 4.30. The van der Waals surface area contributed by atoms with Gasteiger partial charge in [0.15, 0.2) is 0 Å². The van der Waals surface area contributed by atoms with Gasteiger partial charge in [0.25, 0.3) is 5.91 Å². The number of amides is 1. The van der Waals surface area contributed by atoms with Crippen LogP contribution in [-0.2, 0) is 9.59 Å². The van der Waals surface area contributed by atoms with E-state index in [0.29, 0.717) is 32.0 Å². The van der Waals surface area contributed by atoms with Gasteiger partial charge in [0.2, 0.25) is 0 Å². The van der Waals surface area contributed by atoms with Gasteiger partial charge >= 0.3 is 5.97 Å². The second kappa shape index (κ2) is 7.11. The van der Waals surface area contributed by atoms with Crippen molar-refractivity contribution in [3.63, 3.8) is 0 Å². The maximum absolute atomic E-state index is 12.3. The molecule has 6 nitrogen and oxygen atoms in total. The molecule has 0 bridgehead atoms. The van der Waals surface area contributed by atoms with Crippen molar-refractivity contribution in [2.75, 3.05) is 13.1 Å². The molecule has 2 N–H and O–H groups in total. The van der Waals surface area contributed by atoms with Crippen LogP contribution in [0.2, 0.25) is 0 Å². The van der Waals surface area contributed by atoms with E-state index < -0.39 is 5.97 Å². The first-order chi connectivity index (χ1) is 10.1. The number of carbonyl (C=O) groups is 2. The zero-order chi connectivity index (χ0) is 15.2. The minimum absolute atomic E-state index is 0.107. The second-order valence-corrected chi connectivity index (χ2v) is 5.72. The van der Waals surface area contributed by atoms with Crippen LogP contribution >= 0.6 is 0 Å². The summed E-state index contributed by atoms with van der Waals surface area (Å²) in [6, 6.07) is 2.31. The first-order valence-corrected chi connectivity index (χ1v) is 7.50. The molecule has 0 aromatic heterocycles. The molecule has 1 amide bonds. The van der Waals surface area contributed by atoms with Crippen LogP contribution in [-0.4, -0.2) is 41.0 Å². The molecule has 2 aliphatic rings. The first-order valence-electron chi connectivity index (χ1n) is 7.50. The number of nitrogens with one attached hydrogen (secondary N) is 1. The van der Waals surface area contributed by atoms with Crippen LogP contribution in [0.25, 0.3) is 0 Å². The van der Waals surface area contributed by atoms with Crippen LogP contribution < -0.4 is 5.32 Å². The van der Waals surface area contributed by atoms with E-state index in [0.717, 1.165) is 12.8 Å². The summed E-state index contributed by atoms with van der Waals surface area (Å²) in [5.74, 6) is -1.48. The van der Waals surface area contributed by atoms with E-state index in [4.69, 9.17) is 10.4 Å². The molecule has 1 heterocycles. The van der Waals surface area contributed by atoms with E-state index in [-0.39, 0.29) is 17.4 Å². The average Bonchev–Trinajstić information content (AvgIpc) is 3.01. The zero-order valence-electron chi connectivity index (χ0n) is 12.0. The predicted molar refractivity (Wildman–Crippen MR) is 76.0 cm³/mol. The summed E-state index contributed by atoms with van der Waals surface area (Å²) in [7, 11) is 0. The minimum Gasteiger partial charge on any atom is -0.481 e. The van der Waals surface area contributed by atoms with Crippen LogP contribution in [0.1, 0.15) is 38.5 Å². The molecule has 6 heteroatoms. The molecule has 2 fully saturated rings. The topological polar surface area (TPSA) is 93.4 Å². The van der Waals surface area contributed by atoms with Gasteiger partial charge in [-0.15, -0.1) is 0 Å². The summed E-state index contributed by atoms with van der Waals surface area (Å²) in [6.07, 6.45) is 6.96. The number of rotatable bonds is 4. The average molecular weight is 291 g/mol. The lowest BCUT2D eigenvalue weighted by molar-refractivity contribution is -0.145. The Morgan fingerprint density at radius 1 is 1.19 bits per heavy atom. The number of aliphatic carboxylic acids is 1. The zero-order valence-corrected chi connectivity index (χ0v) is 12.0. The lowest BCUT2D eigenvalue weighted by Crippen LogP contribution is -2.41. The number of nitriles is 1. The molecule has 0 spiro atoms. The van der Waals surface area contributed by atoms with E-state index >= 15 is 0 Å². The van der Waals surface area contributed by atoms with Gasteiger partial charge in [-0.1, -0.05) is 12.8 Å². The van der Waals surface area contributed by atoms with Gasteiger partial charge in [-0.25, -0.2) is 0 Å². The number of likely N-dealkylation sites (tertiary alicyclic amines) is 1. The number of nitrogens with zero attached hydrogens (tertiary/aromatic N) is 2. The molecule has 1 saturated carbocycles. The Morgan fingerprint density at radius 2 is 1.81 bits per heavy atom. The van der Waals surface area contributed by atoms with Gasteiger partial charge in [0.05, 0.1) is 5.92 Å². The molecule has 0 unspecified atom stereocenters. The number of carboxylic acid groups (broad SMARTS) is 1. The monoisotopic (exact) mass is 291 g/mol. The Kier molecular flexibility index (Phi) is 5.20. The maximum Gasteiger partial charge on any atom is 0.306 e. The van der Waals surface area contributed by atoms with Crippen molar-refractivity contribution < 1.29 is 14.7 Å². The molecule has 0 radical (unpaired) electrons. The van der Waals surface area contributed by atoms with Gasteiger partial charge in [-0.3, -0.25) is 9.59 Å². The quantitative estimate of drug-likeness (QED) is 0.600. The molecule has 21 heavy (non-hydrogen) atoms. The van der Waals surface area contributed by atoms with E-state index in [1.165, 1.54) is 19.0 Å². The molecule has 1 aliphatic heterocycles. The van der Waals surface area contributed by atoms with Crippen molar-refractivity contribution in [1.29, 1.82) is 5.26 Å². The Balaban J connectivity index is 1.89. The van der Waals surface area contributed by atoms with Crippen LogP contribution in [0.5, 0.6) is 0 Å². The van der Waals surface area contributed by atoms with Crippen molar-refractivity contribution in [2.45, 2.75) is 44.6 Å². The second-order valence-electron chi connectivity index (χ2n) is 5.72. The fourth-order valence-electron chi connectivity index (χ4n) is 2.94. The smallest absolute Gasteiger partial charge is 0.306 e. The summed E-state index contributed by atoms with van der Waals surface area (Å²) in [6.45, 7) is 0.802. The van der Waals surface area contributed by atoms with Gasteiger partial charge in [0, 0.05) is 25.3 Å². The maximum atomic E-state index is 12.3. The lowest BCUT2D eigenvalue weighted by atomic mass is 9.97. The molecule has 114 valence electrons. The molecule has 0 aromatic carbocycles. The van der Waals surface area contributed by atoms with Crippen molar-refractivity contribution in [3.05, 3.63) is 11.8 Å². The van der Waals surface area contributed by atoms with Crippen LogP contribution in [0, 0.1) is 17.2 Å².